The van der Waals surface area contributed by atoms with Crippen molar-refractivity contribution in [1.29, 1.82) is 5.41 Å². The topological polar surface area (TPSA) is 149 Å². The summed E-state index contributed by atoms with van der Waals surface area (Å²) in [4.78, 5) is 29.4. The molecular formula is C31H47ClN6O5S. The molecule has 1 fully saturated rings. The molecule has 2 aromatic rings. The lowest BCUT2D eigenvalue weighted by molar-refractivity contribution is 0.0806. The highest BCUT2D eigenvalue weighted by Crippen LogP contribution is 2.36. The number of carbonyl (C=O) groups is 2. The second-order valence-corrected chi connectivity index (χ2v) is 13.4. The molecule has 244 valence electrons. The lowest BCUT2D eigenvalue weighted by atomic mass is 9.89. The number of carbonyl (C=O) groups excluding carboxylic acids is 2. The zero-order chi connectivity index (χ0) is 32.1. The molecule has 2 aromatic carbocycles. The van der Waals surface area contributed by atoms with Crippen LogP contribution >= 0.6 is 12.4 Å². The normalized spacial score (nSPS) is 13.7. The van der Waals surface area contributed by atoms with Gasteiger partial charge in [0.05, 0.1) is 11.5 Å². The second-order valence-electron chi connectivity index (χ2n) is 11.7. The molecule has 1 heterocycles. The lowest BCUT2D eigenvalue weighted by Crippen LogP contribution is -2.58. The zero-order valence-corrected chi connectivity index (χ0v) is 28.3. The Hall–Kier alpha value is -3.35. The van der Waals surface area contributed by atoms with Crippen LogP contribution in [0.1, 0.15) is 94.0 Å². The number of halogens is 1. The number of nitrogen functional groups attached to an aromatic ring is 1. The number of ether oxygens (including phenoxy) is 1. The van der Waals surface area contributed by atoms with E-state index in [1.807, 2.05) is 39.8 Å². The Bertz CT molecular complexity index is 1410. The van der Waals surface area contributed by atoms with Crippen LogP contribution in [0.2, 0.25) is 0 Å². The van der Waals surface area contributed by atoms with E-state index in [1.54, 1.807) is 31.2 Å². The predicted octanol–water partition coefficient (Wildman–Crippen LogP) is 5.35. The van der Waals surface area contributed by atoms with Crippen molar-refractivity contribution in [2.24, 2.45) is 5.73 Å². The highest BCUT2D eigenvalue weighted by Gasteiger charge is 2.38. The van der Waals surface area contributed by atoms with Gasteiger partial charge in [-0.1, -0.05) is 71.9 Å². The molecule has 0 radical (unpaired) electrons. The number of nitrogens with two attached hydrogens (primary N) is 1. The van der Waals surface area contributed by atoms with E-state index in [2.05, 4.69) is 19.3 Å². The second kappa shape index (κ2) is 15.6. The van der Waals surface area contributed by atoms with Crippen LogP contribution in [-0.2, 0) is 21.3 Å². The van der Waals surface area contributed by atoms with E-state index in [1.165, 1.54) is 9.80 Å². The molecule has 0 saturated carbocycles. The quantitative estimate of drug-likeness (QED) is 0.178. The van der Waals surface area contributed by atoms with Gasteiger partial charge in [-0.05, 0) is 53.0 Å². The van der Waals surface area contributed by atoms with Gasteiger partial charge in [0.15, 0.2) is 0 Å². The SMILES string of the molecule is CCOC(=O)N1CCN(C(=O)N(NCc2cccc(C(=N)N)c2)S(=O)(=O)c2c(C(C)C)cc(C(C)C)cc2C(C)C)CC1.Cl. The molecule has 0 spiro atoms. The number of urea groups is 1. The van der Waals surface area contributed by atoms with Gasteiger partial charge in [0.25, 0.3) is 10.0 Å². The summed E-state index contributed by atoms with van der Waals surface area (Å²) in [5, 5.41) is 7.76. The highest BCUT2D eigenvalue weighted by molar-refractivity contribution is 7.89. The molecule has 1 saturated heterocycles. The van der Waals surface area contributed by atoms with Gasteiger partial charge in [0, 0.05) is 38.3 Å². The van der Waals surface area contributed by atoms with Gasteiger partial charge in [-0.25, -0.2) is 15.0 Å². The first kappa shape index (κ1) is 36.8. The number of nitrogens with zero attached hydrogens (tertiary/aromatic N) is 3. The van der Waals surface area contributed by atoms with Gasteiger partial charge < -0.3 is 20.3 Å². The third-order valence-electron chi connectivity index (χ3n) is 7.49. The molecule has 11 nitrogen and oxygen atoms in total. The minimum absolute atomic E-state index is 0. The van der Waals surface area contributed by atoms with Gasteiger partial charge in [0.2, 0.25) is 0 Å². The molecule has 0 aliphatic carbocycles. The summed E-state index contributed by atoms with van der Waals surface area (Å²) < 4.78 is 35.2. The molecule has 0 bridgehead atoms. The monoisotopic (exact) mass is 650 g/mol. The van der Waals surface area contributed by atoms with Crippen LogP contribution in [-0.4, -0.2) is 73.4 Å². The molecule has 44 heavy (non-hydrogen) atoms. The molecule has 4 N–H and O–H groups in total. The van der Waals surface area contributed by atoms with E-state index < -0.39 is 22.1 Å². The van der Waals surface area contributed by atoms with Crippen molar-refractivity contribution in [3.05, 3.63) is 64.2 Å². The third kappa shape index (κ3) is 8.42. The summed E-state index contributed by atoms with van der Waals surface area (Å²) in [5.41, 5.74) is 12.0. The Kier molecular flexibility index (Phi) is 13.0. The fraction of sp³-hybridized carbons (Fsp3) is 0.516. The van der Waals surface area contributed by atoms with Crippen molar-refractivity contribution in [2.45, 2.75) is 77.7 Å². The Labute approximate surface area is 268 Å². The van der Waals surface area contributed by atoms with Crippen LogP contribution in [0.4, 0.5) is 9.59 Å². The number of nitrogens with one attached hydrogen (secondary N) is 2. The third-order valence-corrected chi connectivity index (χ3v) is 9.25. The average molecular weight is 651 g/mol. The minimum Gasteiger partial charge on any atom is -0.450 e. The summed E-state index contributed by atoms with van der Waals surface area (Å²) >= 11 is 0. The number of hydrogen-bond donors (Lipinski definition) is 3. The summed E-state index contributed by atoms with van der Waals surface area (Å²) in [5.74, 6) is -0.182. The van der Waals surface area contributed by atoms with Crippen molar-refractivity contribution in [3.8, 4) is 0 Å². The first-order valence-electron chi connectivity index (χ1n) is 14.8. The van der Waals surface area contributed by atoms with Crippen molar-refractivity contribution in [3.63, 3.8) is 0 Å². The summed E-state index contributed by atoms with van der Waals surface area (Å²) in [7, 11) is -4.42. The summed E-state index contributed by atoms with van der Waals surface area (Å²) in [6.45, 7) is 14.6. The van der Waals surface area contributed by atoms with E-state index >= 15 is 0 Å². The number of rotatable bonds is 10. The first-order valence-corrected chi connectivity index (χ1v) is 16.2. The Morgan fingerprint density at radius 2 is 1.50 bits per heavy atom. The van der Waals surface area contributed by atoms with Crippen molar-refractivity contribution in [1.82, 2.24) is 19.6 Å². The number of sulfonamides is 1. The summed E-state index contributed by atoms with van der Waals surface area (Å²) in [6.07, 6.45) is -0.462. The van der Waals surface area contributed by atoms with E-state index in [4.69, 9.17) is 15.9 Å². The van der Waals surface area contributed by atoms with Gasteiger partial charge >= 0.3 is 12.1 Å². The number of amidine groups is 1. The van der Waals surface area contributed by atoms with Crippen LogP contribution in [0.3, 0.4) is 0 Å². The van der Waals surface area contributed by atoms with Crippen LogP contribution in [0.25, 0.3) is 0 Å². The molecule has 13 heteroatoms. The van der Waals surface area contributed by atoms with Crippen LogP contribution < -0.4 is 11.2 Å². The van der Waals surface area contributed by atoms with Gasteiger partial charge in [0.1, 0.15) is 5.84 Å². The Balaban J connectivity index is 0.00000675. The maximum absolute atomic E-state index is 14.7. The molecule has 1 aliphatic rings. The van der Waals surface area contributed by atoms with E-state index in [9.17, 15) is 18.0 Å². The standard InChI is InChI=1S/C31H46N6O5S.ClH/c1-8-42-31(39)36-14-12-35(13-15-36)30(38)37(34-19-23-10-9-11-24(16-23)29(32)33)43(40,41)28-26(21(4)5)17-25(20(2)3)18-27(28)22(6)7;/h9-11,16-18,20-22,34H,8,12-15,19H2,1-7H3,(H3,32,33);1H. The molecular weight excluding hydrogens is 604 g/mol. The van der Waals surface area contributed by atoms with Crippen LogP contribution in [0, 0.1) is 5.41 Å². The largest absolute Gasteiger partial charge is 0.450 e. The minimum atomic E-state index is -4.42. The van der Waals surface area contributed by atoms with E-state index in [0.717, 1.165) is 9.98 Å². The maximum atomic E-state index is 14.7. The first-order chi connectivity index (χ1) is 20.2. The molecule has 3 rings (SSSR count). The number of hydrogen-bond acceptors (Lipinski definition) is 7. The fourth-order valence-electron chi connectivity index (χ4n) is 4.97. The lowest BCUT2D eigenvalue weighted by Gasteiger charge is -2.37. The fourth-order valence-corrected chi connectivity index (χ4v) is 6.89. The Morgan fingerprint density at radius 3 is 1.98 bits per heavy atom. The number of amides is 3. The van der Waals surface area contributed by atoms with Gasteiger partial charge in [-0.3, -0.25) is 5.41 Å². The average Bonchev–Trinajstić information content (AvgIpc) is 2.96. The van der Waals surface area contributed by atoms with Crippen molar-refractivity contribution >= 4 is 40.4 Å². The van der Waals surface area contributed by atoms with Crippen molar-refractivity contribution < 1.29 is 22.7 Å². The molecule has 0 atom stereocenters. The summed E-state index contributed by atoms with van der Waals surface area (Å²) in [6, 6.07) is 10.00. The maximum Gasteiger partial charge on any atom is 0.409 e. The number of benzene rings is 2. The molecule has 0 aromatic heterocycles. The highest BCUT2D eigenvalue weighted by atomic mass is 35.5. The van der Waals surface area contributed by atoms with Gasteiger partial charge in [-0.15, -0.1) is 16.8 Å². The molecule has 3 amide bonds. The van der Waals surface area contributed by atoms with E-state index in [0.29, 0.717) is 22.3 Å². The van der Waals surface area contributed by atoms with Crippen molar-refractivity contribution in [2.75, 3.05) is 32.8 Å². The smallest absolute Gasteiger partial charge is 0.409 e. The van der Waals surface area contributed by atoms with Crippen LogP contribution in [0.5, 0.6) is 0 Å². The molecule has 1 aliphatic heterocycles. The Morgan fingerprint density at radius 1 is 0.955 bits per heavy atom. The number of hydrazine groups is 1. The zero-order valence-electron chi connectivity index (χ0n) is 26.7. The van der Waals surface area contributed by atoms with Crippen LogP contribution in [0.15, 0.2) is 41.3 Å². The van der Waals surface area contributed by atoms with Gasteiger partial charge in [-0.2, -0.15) is 8.42 Å². The number of piperazine rings is 1. The van der Waals surface area contributed by atoms with E-state index in [-0.39, 0.29) is 80.2 Å². The molecule has 0 unspecified atom stereocenters. The predicted molar refractivity (Wildman–Crippen MR) is 175 cm³/mol.